The molecule has 0 radical (unpaired) electrons. The number of amides is 1. The average Bonchev–Trinajstić information content (AvgIpc) is 2.19. The summed E-state index contributed by atoms with van der Waals surface area (Å²) in [5.41, 5.74) is 0.601. The number of esters is 1. The van der Waals surface area contributed by atoms with Crippen LogP contribution in [0.15, 0.2) is 0 Å². The molecule has 0 bridgehead atoms. The lowest BCUT2D eigenvalue weighted by atomic mass is 10.2. The van der Waals surface area contributed by atoms with E-state index in [4.69, 9.17) is 0 Å². The summed E-state index contributed by atoms with van der Waals surface area (Å²) in [6.07, 6.45) is -9.60. The van der Waals surface area contributed by atoms with Crippen LogP contribution in [0.25, 0.3) is 0 Å². The number of carbonyl (C=O) groups excluding carboxylic acids is 2. The maximum atomic E-state index is 12.5. The number of halogens is 3. The molecule has 1 atom stereocenters. The number of hydrogen-bond acceptors (Lipinski definition) is 5. The minimum Gasteiger partial charge on any atom is -0.469 e. The highest BCUT2D eigenvalue weighted by Gasteiger charge is 2.43. The molecule has 1 unspecified atom stereocenters. The van der Waals surface area contributed by atoms with E-state index in [-0.39, 0.29) is 0 Å². The quantitative estimate of drug-likeness (QED) is 0.632. The van der Waals surface area contributed by atoms with E-state index >= 15 is 0 Å². The summed E-state index contributed by atoms with van der Waals surface area (Å²) < 4.78 is 46.2. The molecule has 0 spiro atoms. The van der Waals surface area contributed by atoms with Crippen molar-refractivity contribution in [3.8, 4) is 0 Å². The Morgan fingerprint density at radius 2 is 1.74 bits per heavy atom. The van der Waals surface area contributed by atoms with Gasteiger partial charge in [-0.2, -0.15) is 18.7 Å². The minimum atomic E-state index is -4.83. The lowest BCUT2D eigenvalue weighted by molar-refractivity contribution is -0.237. The Hall–Kier alpha value is -1.51. The lowest BCUT2D eigenvalue weighted by Crippen LogP contribution is -2.42. The van der Waals surface area contributed by atoms with Crippen LogP contribution >= 0.6 is 0 Å². The molecule has 9 heteroatoms. The first-order valence-electron chi connectivity index (χ1n) is 5.24. The molecule has 0 saturated heterocycles. The van der Waals surface area contributed by atoms with Crippen LogP contribution in [0.4, 0.5) is 18.0 Å². The van der Waals surface area contributed by atoms with Crippen LogP contribution in [-0.2, 0) is 19.1 Å². The largest absolute Gasteiger partial charge is 0.469 e. The van der Waals surface area contributed by atoms with E-state index in [2.05, 4.69) is 14.3 Å². The molecule has 112 valence electrons. The van der Waals surface area contributed by atoms with Crippen LogP contribution < -0.4 is 5.48 Å². The van der Waals surface area contributed by atoms with Crippen LogP contribution in [-0.4, -0.2) is 37.1 Å². The molecule has 0 aromatic carbocycles. The van der Waals surface area contributed by atoms with Crippen LogP contribution in [0.2, 0.25) is 0 Å². The minimum absolute atomic E-state index is 0.885. The first-order valence-corrected chi connectivity index (χ1v) is 5.24. The molecule has 0 aliphatic heterocycles. The maximum Gasteiger partial charge on any atom is 0.431 e. The van der Waals surface area contributed by atoms with Gasteiger partial charge >= 0.3 is 18.2 Å². The Bertz CT molecular complexity index is 324. The summed E-state index contributed by atoms with van der Waals surface area (Å²) in [4.78, 5) is 26.0. The molecule has 0 aliphatic carbocycles. The highest BCUT2D eigenvalue weighted by Crippen LogP contribution is 2.25. The van der Waals surface area contributed by atoms with E-state index in [0.29, 0.717) is 0 Å². The van der Waals surface area contributed by atoms with Gasteiger partial charge in [0.15, 0.2) is 6.10 Å². The van der Waals surface area contributed by atoms with Gasteiger partial charge in [-0.1, -0.05) is 0 Å². The number of alkyl halides is 3. The standard InChI is InChI=1S/C10H16F3NO5/c1-9(2,3)18-8(16)14-19-6(10(11,12)13)5-7(15)17-4/h6H,5H2,1-4H3,(H,14,16). The SMILES string of the molecule is COC(=O)CC(ONC(=O)OC(C)(C)C)C(F)(F)F. The molecule has 0 aromatic heterocycles. The molecule has 6 nitrogen and oxygen atoms in total. The molecule has 0 saturated carbocycles. The van der Waals surface area contributed by atoms with Gasteiger partial charge in [-0.3, -0.25) is 9.63 Å². The van der Waals surface area contributed by atoms with Gasteiger partial charge in [0.05, 0.1) is 13.5 Å². The van der Waals surface area contributed by atoms with Gasteiger partial charge in [0.25, 0.3) is 0 Å². The zero-order valence-electron chi connectivity index (χ0n) is 11.0. The van der Waals surface area contributed by atoms with Crippen molar-refractivity contribution in [1.82, 2.24) is 5.48 Å². The number of methoxy groups -OCH3 is 1. The van der Waals surface area contributed by atoms with E-state index < -0.39 is 36.4 Å². The molecular formula is C10H16F3NO5. The Morgan fingerprint density at radius 3 is 2.11 bits per heavy atom. The van der Waals surface area contributed by atoms with Gasteiger partial charge in [-0.15, -0.1) is 0 Å². The third-order valence-corrected chi connectivity index (χ3v) is 1.63. The van der Waals surface area contributed by atoms with Crippen LogP contribution in [0.5, 0.6) is 0 Å². The highest BCUT2D eigenvalue weighted by molar-refractivity contribution is 5.70. The van der Waals surface area contributed by atoms with Gasteiger partial charge in [-0.05, 0) is 20.8 Å². The van der Waals surface area contributed by atoms with Crippen molar-refractivity contribution in [2.75, 3.05) is 7.11 Å². The van der Waals surface area contributed by atoms with Crippen molar-refractivity contribution in [1.29, 1.82) is 0 Å². The summed E-state index contributed by atoms with van der Waals surface area (Å²) in [5.74, 6) is -1.12. The van der Waals surface area contributed by atoms with E-state index in [1.807, 2.05) is 0 Å². The fourth-order valence-corrected chi connectivity index (χ4v) is 0.877. The molecule has 1 amide bonds. The molecule has 0 aliphatic rings. The van der Waals surface area contributed by atoms with Crippen molar-refractivity contribution in [2.45, 2.75) is 45.1 Å². The molecule has 0 aromatic rings. The zero-order chi connectivity index (χ0) is 15.3. The number of ether oxygens (including phenoxy) is 2. The zero-order valence-corrected chi connectivity index (χ0v) is 11.0. The second-order valence-electron chi connectivity index (χ2n) is 4.53. The van der Waals surface area contributed by atoms with E-state index in [1.54, 1.807) is 0 Å². The lowest BCUT2D eigenvalue weighted by Gasteiger charge is -2.22. The fraction of sp³-hybridized carbons (Fsp3) is 0.800. The third kappa shape index (κ3) is 8.25. The highest BCUT2D eigenvalue weighted by atomic mass is 19.4. The molecule has 0 heterocycles. The fourth-order valence-electron chi connectivity index (χ4n) is 0.877. The topological polar surface area (TPSA) is 73.9 Å². The predicted octanol–water partition coefficient (Wildman–Crippen LogP) is 1.94. The van der Waals surface area contributed by atoms with Gasteiger partial charge in [0, 0.05) is 0 Å². The van der Waals surface area contributed by atoms with Gasteiger partial charge in [0.1, 0.15) is 5.60 Å². The van der Waals surface area contributed by atoms with Gasteiger partial charge in [0.2, 0.25) is 0 Å². The van der Waals surface area contributed by atoms with E-state index in [9.17, 15) is 22.8 Å². The number of nitrogens with one attached hydrogen (secondary N) is 1. The molecule has 0 rings (SSSR count). The summed E-state index contributed by atoms with van der Waals surface area (Å²) in [6.45, 7) is 4.59. The van der Waals surface area contributed by atoms with E-state index in [1.165, 1.54) is 26.3 Å². The summed E-state index contributed by atoms with van der Waals surface area (Å²) in [7, 11) is 0.942. The summed E-state index contributed by atoms with van der Waals surface area (Å²) in [5, 5.41) is 0. The first kappa shape index (κ1) is 17.5. The smallest absolute Gasteiger partial charge is 0.431 e. The van der Waals surface area contributed by atoms with Crippen molar-refractivity contribution < 1.29 is 37.1 Å². The Kier molecular flexibility index (Phi) is 6.07. The molecule has 0 fully saturated rings. The number of carbonyl (C=O) groups is 2. The maximum absolute atomic E-state index is 12.5. The number of hydrogen-bond donors (Lipinski definition) is 1. The Balaban J connectivity index is 4.43. The Labute approximate surface area is 108 Å². The molecular weight excluding hydrogens is 271 g/mol. The van der Waals surface area contributed by atoms with Crippen LogP contribution in [0.3, 0.4) is 0 Å². The first-order chi connectivity index (χ1) is 8.45. The van der Waals surface area contributed by atoms with Crippen molar-refractivity contribution in [2.24, 2.45) is 0 Å². The van der Waals surface area contributed by atoms with Gasteiger partial charge < -0.3 is 9.47 Å². The summed E-state index contributed by atoms with van der Waals surface area (Å²) in [6, 6.07) is 0. The summed E-state index contributed by atoms with van der Waals surface area (Å²) >= 11 is 0. The van der Waals surface area contributed by atoms with Crippen LogP contribution in [0, 0.1) is 0 Å². The molecule has 19 heavy (non-hydrogen) atoms. The van der Waals surface area contributed by atoms with Crippen molar-refractivity contribution in [3.63, 3.8) is 0 Å². The van der Waals surface area contributed by atoms with Crippen molar-refractivity contribution >= 4 is 12.1 Å². The predicted molar refractivity (Wildman–Crippen MR) is 56.9 cm³/mol. The monoisotopic (exact) mass is 287 g/mol. The molecule has 1 N–H and O–H groups in total. The second kappa shape index (κ2) is 6.60. The number of rotatable bonds is 4. The van der Waals surface area contributed by atoms with E-state index in [0.717, 1.165) is 7.11 Å². The second-order valence-corrected chi connectivity index (χ2v) is 4.53. The third-order valence-electron chi connectivity index (χ3n) is 1.63. The number of hydroxylamine groups is 1. The normalized spacial score (nSPS) is 13.6. The average molecular weight is 287 g/mol. The van der Waals surface area contributed by atoms with Gasteiger partial charge in [-0.25, -0.2) is 4.79 Å². The Morgan fingerprint density at radius 1 is 1.21 bits per heavy atom. The van der Waals surface area contributed by atoms with Crippen molar-refractivity contribution in [3.05, 3.63) is 0 Å². The van der Waals surface area contributed by atoms with Crippen LogP contribution in [0.1, 0.15) is 27.2 Å².